The summed E-state index contributed by atoms with van der Waals surface area (Å²) in [4.78, 5) is 16.3. The van der Waals surface area contributed by atoms with Gasteiger partial charge in [-0.2, -0.15) is 15.3 Å². The summed E-state index contributed by atoms with van der Waals surface area (Å²) >= 11 is 6.89. The average Bonchev–Trinajstić information content (AvgIpc) is 3.29. The van der Waals surface area contributed by atoms with Crippen LogP contribution in [0.3, 0.4) is 0 Å². The summed E-state index contributed by atoms with van der Waals surface area (Å²) in [6.45, 7) is 9.21. The smallest absolute Gasteiger partial charge is 0.228 e. The number of fused-ring (bicyclic) bond motifs is 2. The van der Waals surface area contributed by atoms with Crippen LogP contribution >= 0.6 is 11.6 Å². The van der Waals surface area contributed by atoms with Crippen LogP contribution in [0.15, 0.2) is 18.2 Å². The summed E-state index contributed by atoms with van der Waals surface area (Å²) in [5, 5.41) is 21.6. The SMILES string of the molecule is Cc1ccc2[nH]nc(C#N)c2c1-c1c(Cl)cc2c(N3C[C@@H](C)NC[C@@H]3C)nc(N3CC(N(C)C)C3)nc2c1F. The van der Waals surface area contributed by atoms with Crippen molar-refractivity contribution in [3.05, 3.63) is 40.3 Å². The Labute approximate surface area is 231 Å². The van der Waals surface area contributed by atoms with Gasteiger partial charge in [0, 0.05) is 66.2 Å². The second-order valence-electron chi connectivity index (χ2n) is 11.0. The monoisotopic (exact) mass is 547 g/mol. The number of nitrogens with one attached hydrogen (secondary N) is 2. The molecule has 6 rings (SSSR count). The molecule has 39 heavy (non-hydrogen) atoms. The summed E-state index contributed by atoms with van der Waals surface area (Å²) in [5.74, 6) is 0.674. The first kappa shape index (κ1) is 25.7. The third-order valence-electron chi connectivity index (χ3n) is 8.06. The van der Waals surface area contributed by atoms with Gasteiger partial charge in [0.15, 0.2) is 11.5 Å². The second kappa shape index (κ2) is 9.59. The van der Waals surface area contributed by atoms with Crippen molar-refractivity contribution in [2.45, 2.75) is 38.9 Å². The minimum atomic E-state index is -0.524. The van der Waals surface area contributed by atoms with Crippen molar-refractivity contribution in [3.8, 4) is 17.2 Å². The van der Waals surface area contributed by atoms with Crippen molar-refractivity contribution >= 4 is 45.2 Å². The van der Waals surface area contributed by atoms with Gasteiger partial charge in [-0.3, -0.25) is 5.10 Å². The van der Waals surface area contributed by atoms with Crippen LogP contribution in [-0.2, 0) is 0 Å². The summed E-state index contributed by atoms with van der Waals surface area (Å²) < 4.78 is 16.8. The first-order chi connectivity index (χ1) is 18.7. The largest absolute Gasteiger partial charge is 0.350 e. The molecule has 0 spiro atoms. The fourth-order valence-electron chi connectivity index (χ4n) is 5.64. The molecule has 2 aromatic carbocycles. The third-order valence-corrected chi connectivity index (χ3v) is 8.36. The highest BCUT2D eigenvalue weighted by molar-refractivity contribution is 6.35. The van der Waals surface area contributed by atoms with E-state index >= 15 is 4.39 Å². The zero-order valence-corrected chi connectivity index (χ0v) is 23.4. The van der Waals surface area contributed by atoms with Crippen LogP contribution in [0.5, 0.6) is 0 Å². The molecule has 202 valence electrons. The number of aryl methyl sites for hydroxylation is 1. The molecular formula is C28H31ClFN9. The normalized spacial score (nSPS) is 20.2. The Bertz CT molecular complexity index is 1640. The molecule has 0 unspecified atom stereocenters. The van der Waals surface area contributed by atoms with E-state index in [0.717, 1.165) is 31.7 Å². The van der Waals surface area contributed by atoms with Crippen molar-refractivity contribution in [3.63, 3.8) is 0 Å². The number of hydrogen-bond acceptors (Lipinski definition) is 8. The standard InChI is InChI=1S/C28H31ClFN9/c1-14-6-7-20-24(21(9-31)36-35-20)22(14)23-19(29)8-18-26(25(23)30)33-28(38-12-17(13-38)37(4)5)34-27(18)39-11-15(2)32-10-16(39)3/h6-8,15-17,32H,10-13H2,1-5H3,(H,35,36)/t15-,16+/m1/s1. The molecule has 0 radical (unpaired) electrons. The first-order valence-electron chi connectivity index (χ1n) is 13.2. The summed E-state index contributed by atoms with van der Waals surface area (Å²) in [5.41, 5.74) is 2.62. The zero-order chi connectivity index (χ0) is 27.6. The van der Waals surface area contributed by atoms with E-state index in [1.165, 1.54) is 0 Å². The number of benzene rings is 2. The predicted molar refractivity (Wildman–Crippen MR) is 153 cm³/mol. The maximum Gasteiger partial charge on any atom is 0.228 e. The molecule has 0 bridgehead atoms. The van der Waals surface area contributed by atoms with Gasteiger partial charge in [0.25, 0.3) is 0 Å². The number of likely N-dealkylation sites (N-methyl/N-ethyl adjacent to an activating group) is 1. The van der Waals surface area contributed by atoms with Crippen molar-refractivity contribution in [2.24, 2.45) is 0 Å². The van der Waals surface area contributed by atoms with Gasteiger partial charge in [0.05, 0.1) is 10.5 Å². The average molecular weight is 548 g/mol. The quantitative estimate of drug-likeness (QED) is 0.394. The molecule has 2 atom stereocenters. The number of aromatic nitrogens is 4. The third kappa shape index (κ3) is 4.16. The highest BCUT2D eigenvalue weighted by Crippen LogP contribution is 2.43. The van der Waals surface area contributed by atoms with Crippen molar-refractivity contribution in [1.29, 1.82) is 5.26 Å². The molecule has 2 aromatic heterocycles. The number of anilines is 2. The molecule has 0 amide bonds. The summed E-state index contributed by atoms with van der Waals surface area (Å²) in [7, 11) is 4.11. The lowest BCUT2D eigenvalue weighted by Crippen LogP contribution is -2.58. The maximum atomic E-state index is 16.8. The number of piperazine rings is 1. The van der Waals surface area contributed by atoms with Gasteiger partial charge in [-0.05, 0) is 52.6 Å². The molecule has 2 aliphatic rings. The second-order valence-corrected chi connectivity index (χ2v) is 11.4. The molecule has 0 aliphatic carbocycles. The molecule has 4 heterocycles. The molecule has 4 aromatic rings. The minimum absolute atomic E-state index is 0.152. The van der Waals surface area contributed by atoms with Gasteiger partial charge in [0.1, 0.15) is 17.4 Å². The van der Waals surface area contributed by atoms with Gasteiger partial charge in [-0.15, -0.1) is 0 Å². The Hall–Kier alpha value is -3.52. The van der Waals surface area contributed by atoms with E-state index in [-0.39, 0.29) is 33.9 Å². The topological polar surface area (TPSA) is 100 Å². The molecule has 9 nitrogen and oxygen atoms in total. The van der Waals surface area contributed by atoms with Crippen LogP contribution in [0, 0.1) is 24.1 Å². The number of nitrogens with zero attached hydrogens (tertiary/aromatic N) is 7. The number of H-pyrrole nitrogens is 1. The van der Waals surface area contributed by atoms with Crippen molar-refractivity contribution in [2.75, 3.05) is 50.1 Å². The number of aromatic amines is 1. The molecular weight excluding hydrogens is 517 g/mol. The van der Waals surface area contributed by atoms with Crippen LogP contribution < -0.4 is 15.1 Å². The molecule has 2 fully saturated rings. The Balaban J connectivity index is 1.61. The molecule has 2 N–H and O–H groups in total. The first-order valence-corrected chi connectivity index (χ1v) is 13.5. The van der Waals surface area contributed by atoms with Crippen LogP contribution in [0.1, 0.15) is 25.1 Å². The maximum absolute atomic E-state index is 16.8. The Morgan fingerprint density at radius 2 is 1.92 bits per heavy atom. The van der Waals surface area contributed by atoms with E-state index in [0.29, 0.717) is 39.7 Å². The van der Waals surface area contributed by atoms with Gasteiger partial charge in [-0.1, -0.05) is 17.7 Å². The number of nitriles is 1. The number of rotatable bonds is 4. The van der Waals surface area contributed by atoms with E-state index in [1.54, 1.807) is 6.07 Å². The van der Waals surface area contributed by atoms with Crippen LogP contribution in [-0.4, -0.2) is 83.5 Å². The fraction of sp³-hybridized carbons (Fsp3) is 0.429. The Morgan fingerprint density at radius 1 is 1.15 bits per heavy atom. The molecule has 2 saturated heterocycles. The lowest BCUT2D eigenvalue weighted by molar-refractivity contribution is 0.245. The van der Waals surface area contributed by atoms with Gasteiger partial charge in [0.2, 0.25) is 5.95 Å². The zero-order valence-electron chi connectivity index (χ0n) is 22.7. The van der Waals surface area contributed by atoms with E-state index in [9.17, 15) is 5.26 Å². The lowest BCUT2D eigenvalue weighted by Gasteiger charge is -2.43. The van der Waals surface area contributed by atoms with Crippen LogP contribution in [0.4, 0.5) is 16.2 Å². The Morgan fingerprint density at radius 3 is 2.64 bits per heavy atom. The van der Waals surface area contributed by atoms with E-state index in [4.69, 9.17) is 21.6 Å². The summed E-state index contributed by atoms with van der Waals surface area (Å²) in [6.07, 6.45) is 0. The van der Waals surface area contributed by atoms with Crippen molar-refractivity contribution < 1.29 is 4.39 Å². The van der Waals surface area contributed by atoms with Crippen LogP contribution in [0.25, 0.3) is 32.9 Å². The highest BCUT2D eigenvalue weighted by atomic mass is 35.5. The van der Waals surface area contributed by atoms with Crippen LogP contribution in [0.2, 0.25) is 5.02 Å². The van der Waals surface area contributed by atoms with E-state index < -0.39 is 5.82 Å². The van der Waals surface area contributed by atoms with E-state index in [2.05, 4.69) is 64.2 Å². The molecule has 0 saturated carbocycles. The Kier molecular flexibility index (Phi) is 6.33. The predicted octanol–water partition coefficient (Wildman–Crippen LogP) is 4.08. The fourth-order valence-corrected chi connectivity index (χ4v) is 5.93. The number of hydrogen-bond donors (Lipinski definition) is 2. The summed E-state index contributed by atoms with van der Waals surface area (Å²) in [6, 6.07) is 8.40. The molecule has 2 aliphatic heterocycles. The minimum Gasteiger partial charge on any atom is -0.350 e. The van der Waals surface area contributed by atoms with Crippen molar-refractivity contribution in [1.82, 2.24) is 30.4 Å². The highest BCUT2D eigenvalue weighted by Gasteiger charge is 2.34. The van der Waals surface area contributed by atoms with Gasteiger partial charge < -0.3 is 20.0 Å². The van der Waals surface area contributed by atoms with E-state index in [1.807, 2.05) is 19.1 Å². The number of halogens is 2. The molecule has 11 heteroatoms. The van der Waals surface area contributed by atoms with Gasteiger partial charge >= 0.3 is 0 Å². The lowest BCUT2D eigenvalue weighted by atomic mass is 9.94. The van der Waals surface area contributed by atoms with Gasteiger partial charge in [-0.25, -0.2) is 9.37 Å².